The molecule has 13 heteroatoms. The number of nitrogens with zero attached hydrogens (tertiary/aromatic N) is 5. The van der Waals surface area contributed by atoms with E-state index >= 15 is 0 Å². The van der Waals surface area contributed by atoms with Gasteiger partial charge in [0.15, 0.2) is 0 Å². The summed E-state index contributed by atoms with van der Waals surface area (Å²) in [6, 6.07) is 8.02. The summed E-state index contributed by atoms with van der Waals surface area (Å²) in [7, 11) is 0. The molecule has 0 saturated carbocycles. The van der Waals surface area contributed by atoms with Crippen molar-refractivity contribution in [2.24, 2.45) is 0 Å². The fourth-order valence-electron chi connectivity index (χ4n) is 4.91. The number of hydrogen-bond donors (Lipinski definition) is 2. The van der Waals surface area contributed by atoms with Gasteiger partial charge in [-0.3, -0.25) is 14.4 Å². The van der Waals surface area contributed by atoms with Gasteiger partial charge >= 0.3 is 0 Å². The molecular formula is C27H29F2N7O3S. The topological polar surface area (TPSA) is 111 Å². The highest BCUT2D eigenvalue weighted by Crippen LogP contribution is 2.30. The quantitative estimate of drug-likeness (QED) is 0.486. The van der Waals surface area contributed by atoms with Crippen LogP contribution in [0.5, 0.6) is 0 Å². The standard InChI is InChI=1S/C27H29F2N7O3S/c1-17-24(40-33-32-17)25(37)31-22-15-18(26(38)35-7-2-5-30-6-8-35)3-4-23(22)34-9-11-36(12-10-34)27(39)19-13-20(28)16-21(29)14-19/h3-4,13-16,30H,2,5-12H2,1H3,(H,31,37). The van der Waals surface area contributed by atoms with Crippen molar-refractivity contribution in [3.63, 3.8) is 0 Å². The maximum absolute atomic E-state index is 13.7. The van der Waals surface area contributed by atoms with Crippen LogP contribution >= 0.6 is 11.5 Å². The van der Waals surface area contributed by atoms with Gasteiger partial charge in [0, 0.05) is 63.0 Å². The second-order valence-corrected chi connectivity index (χ2v) is 10.5. The lowest BCUT2D eigenvalue weighted by Gasteiger charge is -2.37. The molecular weight excluding hydrogens is 540 g/mol. The third kappa shape index (κ3) is 6.10. The summed E-state index contributed by atoms with van der Waals surface area (Å²) >= 11 is 0.991. The molecule has 0 bridgehead atoms. The van der Waals surface area contributed by atoms with Crippen LogP contribution in [0.25, 0.3) is 0 Å². The molecule has 0 spiro atoms. The van der Waals surface area contributed by atoms with E-state index in [2.05, 4.69) is 20.2 Å². The fourth-order valence-corrected chi connectivity index (χ4v) is 5.46. The molecule has 3 amide bonds. The Bertz CT molecular complexity index is 1400. The van der Waals surface area contributed by atoms with Crippen molar-refractivity contribution < 1.29 is 23.2 Å². The number of piperazine rings is 1. The van der Waals surface area contributed by atoms with Crippen molar-refractivity contribution in [3.05, 3.63) is 69.7 Å². The van der Waals surface area contributed by atoms with Gasteiger partial charge < -0.3 is 25.3 Å². The van der Waals surface area contributed by atoms with Crippen molar-refractivity contribution in [3.8, 4) is 0 Å². The van der Waals surface area contributed by atoms with Crippen molar-refractivity contribution >= 4 is 40.6 Å². The molecule has 2 fully saturated rings. The molecule has 2 aliphatic rings. The van der Waals surface area contributed by atoms with Gasteiger partial charge in [0.05, 0.1) is 17.1 Å². The molecule has 3 heterocycles. The first-order valence-corrected chi connectivity index (χ1v) is 13.8. The molecule has 2 saturated heterocycles. The van der Waals surface area contributed by atoms with Crippen LogP contribution in [0.2, 0.25) is 0 Å². The van der Waals surface area contributed by atoms with Gasteiger partial charge in [0.25, 0.3) is 17.7 Å². The maximum atomic E-state index is 13.7. The van der Waals surface area contributed by atoms with E-state index in [9.17, 15) is 23.2 Å². The number of amides is 3. The van der Waals surface area contributed by atoms with Crippen LogP contribution in [-0.4, -0.2) is 89.5 Å². The van der Waals surface area contributed by atoms with Crippen LogP contribution in [0, 0.1) is 18.6 Å². The predicted octanol–water partition coefficient (Wildman–Crippen LogP) is 2.77. The number of carbonyl (C=O) groups excluding carboxylic acids is 3. The van der Waals surface area contributed by atoms with Gasteiger partial charge in [-0.25, -0.2) is 8.78 Å². The number of nitrogens with one attached hydrogen (secondary N) is 2. The van der Waals surface area contributed by atoms with E-state index in [0.717, 1.165) is 49.2 Å². The lowest BCUT2D eigenvalue weighted by Crippen LogP contribution is -2.49. The molecule has 0 atom stereocenters. The Balaban J connectivity index is 1.37. The zero-order valence-corrected chi connectivity index (χ0v) is 22.8. The molecule has 210 valence electrons. The highest BCUT2D eigenvalue weighted by atomic mass is 32.1. The average molecular weight is 570 g/mol. The van der Waals surface area contributed by atoms with E-state index < -0.39 is 17.5 Å². The Morgan fingerprint density at radius 3 is 2.27 bits per heavy atom. The van der Waals surface area contributed by atoms with E-state index in [0.29, 0.717) is 66.8 Å². The van der Waals surface area contributed by atoms with Crippen molar-refractivity contribution in [2.45, 2.75) is 13.3 Å². The van der Waals surface area contributed by atoms with Crippen molar-refractivity contribution in [1.29, 1.82) is 0 Å². The van der Waals surface area contributed by atoms with E-state index in [1.807, 2.05) is 4.90 Å². The van der Waals surface area contributed by atoms with E-state index in [4.69, 9.17) is 0 Å². The van der Waals surface area contributed by atoms with Gasteiger partial charge in [-0.2, -0.15) is 0 Å². The zero-order chi connectivity index (χ0) is 28.2. The number of aryl methyl sites for hydroxylation is 1. The van der Waals surface area contributed by atoms with Crippen LogP contribution in [0.3, 0.4) is 0 Å². The fraction of sp³-hybridized carbons (Fsp3) is 0.370. The van der Waals surface area contributed by atoms with Crippen LogP contribution in [0.1, 0.15) is 42.5 Å². The normalized spacial score (nSPS) is 16.0. The summed E-state index contributed by atoms with van der Waals surface area (Å²) in [5.41, 5.74) is 2.08. The first-order valence-electron chi connectivity index (χ1n) is 13.0. The highest BCUT2D eigenvalue weighted by molar-refractivity contribution is 7.08. The molecule has 3 aromatic rings. The molecule has 0 aliphatic carbocycles. The maximum Gasteiger partial charge on any atom is 0.269 e. The molecule has 40 heavy (non-hydrogen) atoms. The molecule has 1 aromatic heterocycles. The van der Waals surface area contributed by atoms with Crippen molar-refractivity contribution in [2.75, 3.05) is 62.6 Å². The highest BCUT2D eigenvalue weighted by Gasteiger charge is 2.26. The smallest absolute Gasteiger partial charge is 0.269 e. The first kappa shape index (κ1) is 27.6. The van der Waals surface area contributed by atoms with Crippen LogP contribution in [0.15, 0.2) is 36.4 Å². The van der Waals surface area contributed by atoms with Crippen molar-refractivity contribution in [1.82, 2.24) is 24.7 Å². The second-order valence-electron chi connectivity index (χ2n) is 9.71. The third-order valence-corrected chi connectivity index (χ3v) is 7.82. The average Bonchev–Trinajstić information content (AvgIpc) is 3.20. The van der Waals surface area contributed by atoms with E-state index in [1.165, 1.54) is 0 Å². The Morgan fingerprint density at radius 1 is 0.875 bits per heavy atom. The van der Waals surface area contributed by atoms with Crippen LogP contribution in [0.4, 0.5) is 20.2 Å². The first-order chi connectivity index (χ1) is 19.3. The van der Waals surface area contributed by atoms with Gasteiger partial charge in [0.2, 0.25) is 0 Å². The predicted molar refractivity (Wildman–Crippen MR) is 147 cm³/mol. The number of hydrogen-bond acceptors (Lipinski definition) is 8. The Labute approximate surface area is 234 Å². The minimum absolute atomic E-state index is 0.0426. The summed E-state index contributed by atoms with van der Waals surface area (Å²) in [5.74, 6) is -2.55. The number of benzene rings is 2. The number of halogens is 2. The lowest BCUT2D eigenvalue weighted by atomic mass is 10.1. The summed E-state index contributed by atoms with van der Waals surface area (Å²) < 4.78 is 31.1. The number of rotatable bonds is 5. The largest absolute Gasteiger partial charge is 0.366 e. The Morgan fingerprint density at radius 2 is 1.57 bits per heavy atom. The molecule has 2 aromatic carbocycles. The Kier molecular flexibility index (Phi) is 8.31. The molecule has 10 nitrogen and oxygen atoms in total. The Hall–Kier alpha value is -3.97. The minimum Gasteiger partial charge on any atom is -0.366 e. The van der Waals surface area contributed by atoms with Gasteiger partial charge in [-0.15, -0.1) is 5.10 Å². The third-order valence-electron chi connectivity index (χ3n) is 6.99. The second kappa shape index (κ2) is 12.0. The lowest BCUT2D eigenvalue weighted by molar-refractivity contribution is 0.0743. The summed E-state index contributed by atoms with van der Waals surface area (Å²) in [6.45, 7) is 5.97. The molecule has 2 aliphatic heterocycles. The van der Waals surface area contributed by atoms with E-state index in [-0.39, 0.29) is 17.4 Å². The monoisotopic (exact) mass is 569 g/mol. The number of anilines is 2. The van der Waals surface area contributed by atoms with E-state index in [1.54, 1.807) is 34.9 Å². The van der Waals surface area contributed by atoms with Gasteiger partial charge in [-0.1, -0.05) is 4.49 Å². The molecule has 0 radical (unpaired) electrons. The molecule has 2 N–H and O–H groups in total. The van der Waals surface area contributed by atoms with Crippen LogP contribution < -0.4 is 15.5 Å². The van der Waals surface area contributed by atoms with Crippen LogP contribution in [-0.2, 0) is 0 Å². The molecule has 5 rings (SSSR count). The SMILES string of the molecule is Cc1nnsc1C(=O)Nc1cc(C(=O)N2CCCNCC2)ccc1N1CCN(C(=O)c2cc(F)cc(F)c2)CC1. The zero-order valence-electron chi connectivity index (χ0n) is 22.0. The number of aromatic nitrogens is 2. The van der Waals surface area contributed by atoms with Gasteiger partial charge in [-0.05, 0) is 61.8 Å². The summed E-state index contributed by atoms with van der Waals surface area (Å²) in [4.78, 5) is 45.0. The van der Waals surface area contributed by atoms with Gasteiger partial charge in [0.1, 0.15) is 16.5 Å². The minimum atomic E-state index is -0.806. The number of carbonyl (C=O) groups is 3. The summed E-state index contributed by atoms with van der Waals surface area (Å²) in [6.07, 6.45) is 0.857. The molecule has 0 unspecified atom stereocenters. The summed E-state index contributed by atoms with van der Waals surface area (Å²) in [5, 5.41) is 10.1.